The minimum atomic E-state index is 0. The summed E-state index contributed by atoms with van der Waals surface area (Å²) in [7, 11) is 5.09. The number of methoxy groups -OCH3 is 2. The van der Waals surface area contributed by atoms with E-state index in [1.54, 1.807) is 21.3 Å². The van der Waals surface area contributed by atoms with Crippen molar-refractivity contribution in [3.63, 3.8) is 0 Å². The Bertz CT molecular complexity index is 841. The molecule has 8 heteroatoms. The number of morpholine rings is 1. The van der Waals surface area contributed by atoms with Gasteiger partial charge in [0.2, 0.25) is 0 Å². The van der Waals surface area contributed by atoms with Crippen LogP contribution in [-0.4, -0.2) is 58.4 Å². The van der Waals surface area contributed by atoms with Crippen molar-refractivity contribution >= 4 is 29.9 Å². The molecule has 0 aliphatic carbocycles. The highest BCUT2D eigenvalue weighted by Gasteiger charge is 2.13. The number of guanidine groups is 1. The van der Waals surface area contributed by atoms with Gasteiger partial charge in [0.05, 0.1) is 27.4 Å². The van der Waals surface area contributed by atoms with Gasteiger partial charge in [-0.1, -0.05) is 24.3 Å². The minimum absolute atomic E-state index is 0. The number of benzene rings is 2. The number of hydrogen-bond donors (Lipinski definition) is 2. The Balaban J connectivity index is 0.00000341. The molecule has 1 aliphatic heterocycles. The lowest BCUT2D eigenvalue weighted by molar-refractivity contribution is 0.0341. The molecule has 0 atom stereocenters. The summed E-state index contributed by atoms with van der Waals surface area (Å²) in [5.74, 6) is 2.30. The summed E-state index contributed by atoms with van der Waals surface area (Å²) in [5, 5.41) is 6.78. The zero-order valence-electron chi connectivity index (χ0n) is 18.5. The van der Waals surface area contributed by atoms with Gasteiger partial charge in [0.1, 0.15) is 11.5 Å². The van der Waals surface area contributed by atoms with Crippen LogP contribution in [0.15, 0.2) is 47.5 Å². The van der Waals surface area contributed by atoms with Gasteiger partial charge >= 0.3 is 0 Å². The van der Waals surface area contributed by atoms with Gasteiger partial charge in [-0.15, -0.1) is 24.0 Å². The summed E-state index contributed by atoms with van der Waals surface area (Å²) in [6.07, 6.45) is 0. The summed E-state index contributed by atoms with van der Waals surface area (Å²) in [5.41, 5.74) is 3.64. The summed E-state index contributed by atoms with van der Waals surface area (Å²) in [4.78, 5) is 6.79. The van der Waals surface area contributed by atoms with Crippen molar-refractivity contribution in [1.29, 1.82) is 0 Å². The molecule has 1 aliphatic rings. The molecule has 1 saturated heterocycles. The van der Waals surface area contributed by atoms with E-state index >= 15 is 0 Å². The van der Waals surface area contributed by atoms with Crippen LogP contribution in [0.1, 0.15) is 16.7 Å². The van der Waals surface area contributed by atoms with Crippen LogP contribution in [0.5, 0.6) is 11.5 Å². The van der Waals surface area contributed by atoms with E-state index in [1.807, 2.05) is 18.2 Å². The van der Waals surface area contributed by atoms with Gasteiger partial charge in [-0.25, -0.2) is 0 Å². The number of nitrogens with zero attached hydrogens (tertiary/aromatic N) is 2. The average Bonchev–Trinajstić information content (AvgIpc) is 2.80. The molecule has 1 heterocycles. The normalized spacial score (nSPS) is 14.5. The fraction of sp³-hybridized carbons (Fsp3) is 0.435. The third-order valence-electron chi connectivity index (χ3n) is 5.23. The highest BCUT2D eigenvalue weighted by molar-refractivity contribution is 14.0. The molecule has 0 saturated carbocycles. The van der Waals surface area contributed by atoms with Gasteiger partial charge in [0.15, 0.2) is 5.96 Å². The van der Waals surface area contributed by atoms with Crippen LogP contribution in [-0.2, 0) is 24.4 Å². The van der Waals surface area contributed by atoms with E-state index in [2.05, 4.69) is 44.8 Å². The topological polar surface area (TPSA) is 67.4 Å². The summed E-state index contributed by atoms with van der Waals surface area (Å²) in [6.45, 7) is 5.83. The maximum absolute atomic E-state index is 5.48. The lowest BCUT2D eigenvalue weighted by Crippen LogP contribution is -2.37. The predicted molar refractivity (Wildman–Crippen MR) is 135 cm³/mol. The van der Waals surface area contributed by atoms with Gasteiger partial charge in [0, 0.05) is 51.4 Å². The van der Waals surface area contributed by atoms with Crippen LogP contribution in [0.2, 0.25) is 0 Å². The SMILES string of the molecule is CN=C(NCc1ccccc1CN1CCOCC1)NCc1ccc(OC)cc1OC.I. The number of halogens is 1. The zero-order valence-corrected chi connectivity index (χ0v) is 20.8. The first-order valence-electron chi connectivity index (χ1n) is 10.3. The van der Waals surface area contributed by atoms with E-state index in [4.69, 9.17) is 14.2 Å². The monoisotopic (exact) mass is 540 g/mol. The van der Waals surface area contributed by atoms with Crippen molar-refractivity contribution in [3.8, 4) is 11.5 Å². The number of ether oxygens (including phenoxy) is 3. The van der Waals surface area contributed by atoms with E-state index in [1.165, 1.54) is 11.1 Å². The Morgan fingerprint density at radius 2 is 1.65 bits per heavy atom. The van der Waals surface area contributed by atoms with E-state index in [9.17, 15) is 0 Å². The predicted octanol–water partition coefficient (Wildman–Crippen LogP) is 3.02. The van der Waals surface area contributed by atoms with Crippen molar-refractivity contribution in [2.24, 2.45) is 4.99 Å². The van der Waals surface area contributed by atoms with Crippen LogP contribution in [0.3, 0.4) is 0 Å². The van der Waals surface area contributed by atoms with E-state index < -0.39 is 0 Å². The zero-order chi connectivity index (χ0) is 21.2. The van der Waals surface area contributed by atoms with Crippen molar-refractivity contribution in [3.05, 3.63) is 59.2 Å². The molecule has 0 bridgehead atoms. The fourth-order valence-electron chi connectivity index (χ4n) is 3.46. The second-order valence-electron chi connectivity index (χ2n) is 7.11. The van der Waals surface area contributed by atoms with Crippen LogP contribution >= 0.6 is 24.0 Å². The average molecular weight is 540 g/mol. The molecule has 170 valence electrons. The Labute approximate surface area is 202 Å². The molecule has 0 spiro atoms. The first kappa shape index (κ1) is 25.2. The Kier molecular flexibility index (Phi) is 10.9. The lowest BCUT2D eigenvalue weighted by Gasteiger charge is -2.27. The lowest BCUT2D eigenvalue weighted by atomic mass is 10.1. The van der Waals surface area contributed by atoms with Gasteiger partial charge < -0.3 is 24.8 Å². The number of hydrogen-bond acceptors (Lipinski definition) is 5. The first-order chi connectivity index (χ1) is 14.7. The summed E-state index contributed by atoms with van der Waals surface area (Å²) in [6, 6.07) is 14.4. The summed E-state index contributed by atoms with van der Waals surface area (Å²) < 4.78 is 16.2. The van der Waals surface area contributed by atoms with Gasteiger partial charge in [-0.2, -0.15) is 0 Å². The molecule has 0 radical (unpaired) electrons. The molecule has 2 aromatic rings. The molecule has 2 aromatic carbocycles. The second-order valence-corrected chi connectivity index (χ2v) is 7.11. The molecule has 7 nitrogen and oxygen atoms in total. The Morgan fingerprint density at radius 3 is 2.29 bits per heavy atom. The highest BCUT2D eigenvalue weighted by Crippen LogP contribution is 2.24. The maximum Gasteiger partial charge on any atom is 0.191 e. The van der Waals surface area contributed by atoms with Crippen LogP contribution in [0, 0.1) is 0 Å². The van der Waals surface area contributed by atoms with E-state index in [0.29, 0.717) is 13.1 Å². The maximum atomic E-state index is 5.48. The van der Waals surface area contributed by atoms with Crippen molar-refractivity contribution in [1.82, 2.24) is 15.5 Å². The van der Waals surface area contributed by atoms with Crippen LogP contribution in [0.25, 0.3) is 0 Å². The van der Waals surface area contributed by atoms with Crippen LogP contribution < -0.4 is 20.1 Å². The smallest absolute Gasteiger partial charge is 0.191 e. The molecule has 0 amide bonds. The van der Waals surface area contributed by atoms with Gasteiger partial charge in [-0.05, 0) is 23.3 Å². The second kappa shape index (κ2) is 13.4. The van der Waals surface area contributed by atoms with E-state index in [-0.39, 0.29) is 24.0 Å². The largest absolute Gasteiger partial charge is 0.497 e. The number of rotatable bonds is 8. The summed E-state index contributed by atoms with van der Waals surface area (Å²) >= 11 is 0. The van der Waals surface area contributed by atoms with Gasteiger partial charge in [0.25, 0.3) is 0 Å². The van der Waals surface area contributed by atoms with Crippen molar-refractivity contribution < 1.29 is 14.2 Å². The Morgan fingerprint density at radius 1 is 0.968 bits per heavy atom. The molecule has 2 N–H and O–H groups in total. The molecule has 3 rings (SSSR count). The standard InChI is InChI=1S/C23H32N4O3.HI/c1-24-23(26-16-19-8-9-21(28-2)14-22(19)29-3)25-15-18-6-4-5-7-20(18)17-27-10-12-30-13-11-27;/h4-9,14H,10-13,15-17H2,1-3H3,(H2,24,25,26);1H. The third-order valence-corrected chi connectivity index (χ3v) is 5.23. The van der Waals surface area contributed by atoms with E-state index in [0.717, 1.165) is 55.9 Å². The molecule has 31 heavy (non-hydrogen) atoms. The van der Waals surface area contributed by atoms with Gasteiger partial charge in [-0.3, -0.25) is 9.89 Å². The quantitative estimate of drug-likeness (QED) is 0.305. The van der Waals surface area contributed by atoms with Crippen molar-refractivity contribution in [2.75, 3.05) is 47.6 Å². The molecular weight excluding hydrogens is 507 g/mol. The van der Waals surface area contributed by atoms with Crippen molar-refractivity contribution in [2.45, 2.75) is 19.6 Å². The molecule has 0 aromatic heterocycles. The molecule has 1 fully saturated rings. The molecular formula is C23H33IN4O3. The first-order valence-corrected chi connectivity index (χ1v) is 10.3. The molecule has 0 unspecified atom stereocenters. The Hall–Kier alpha value is -2.04. The fourth-order valence-corrected chi connectivity index (χ4v) is 3.46. The van der Waals surface area contributed by atoms with Crippen LogP contribution in [0.4, 0.5) is 0 Å². The number of aliphatic imine (C=N–C) groups is 1. The minimum Gasteiger partial charge on any atom is -0.497 e. The highest BCUT2D eigenvalue weighted by atomic mass is 127. The number of nitrogens with one attached hydrogen (secondary N) is 2. The third kappa shape index (κ3) is 7.55.